The lowest BCUT2D eigenvalue weighted by atomic mass is 9.67. The van der Waals surface area contributed by atoms with Crippen molar-refractivity contribution in [2.24, 2.45) is 23.2 Å². The van der Waals surface area contributed by atoms with Gasteiger partial charge >= 0.3 is 0 Å². The van der Waals surface area contributed by atoms with Gasteiger partial charge in [0.1, 0.15) is 5.60 Å². The highest BCUT2D eigenvalue weighted by atomic mass is 28.3. The Kier molecular flexibility index (Phi) is 5.16. The Morgan fingerprint density at radius 3 is 2.40 bits per heavy atom. The Morgan fingerprint density at radius 1 is 1.24 bits per heavy atom. The molecule has 1 saturated heterocycles. The molecule has 0 aromatic heterocycles. The van der Waals surface area contributed by atoms with Crippen molar-refractivity contribution in [3.8, 4) is 11.8 Å². The fourth-order valence-corrected chi connectivity index (χ4v) is 6.30. The summed E-state index contributed by atoms with van der Waals surface area (Å²) in [6.45, 7) is 14.5. The first kappa shape index (κ1) is 19.4. The standard InChI is InChI=1S/C20H34O4Si/c1-7-19(18(2,3)4,24-25(5)6)9-8-14-15-13-20(22-10-11-23-20)16(15)12-17(14)21/h14-17,21,25H,7,10-13H2,1-6H3. The number of ether oxygens (including phenoxy) is 2. The summed E-state index contributed by atoms with van der Waals surface area (Å²) in [4.78, 5) is 0. The second-order valence-corrected chi connectivity index (χ2v) is 11.5. The molecule has 5 heteroatoms. The lowest BCUT2D eigenvalue weighted by molar-refractivity contribution is -0.270. The second kappa shape index (κ2) is 6.65. The third-order valence-corrected chi connectivity index (χ3v) is 7.21. The van der Waals surface area contributed by atoms with Crippen LogP contribution in [0.15, 0.2) is 0 Å². The summed E-state index contributed by atoms with van der Waals surface area (Å²) < 4.78 is 18.2. The molecule has 0 radical (unpaired) electrons. The highest BCUT2D eigenvalue weighted by molar-refractivity contribution is 6.48. The summed E-state index contributed by atoms with van der Waals surface area (Å²) in [5.41, 5.74) is -0.500. The van der Waals surface area contributed by atoms with Crippen LogP contribution in [0, 0.1) is 35.0 Å². The molecule has 2 saturated carbocycles. The fraction of sp³-hybridized carbons (Fsp3) is 0.900. The van der Waals surface area contributed by atoms with Crippen molar-refractivity contribution in [1.82, 2.24) is 0 Å². The number of aliphatic hydroxyl groups is 1. The number of aliphatic hydroxyl groups excluding tert-OH is 1. The monoisotopic (exact) mass is 366 g/mol. The highest BCUT2D eigenvalue weighted by Gasteiger charge is 2.64. The van der Waals surface area contributed by atoms with Crippen LogP contribution in [0.3, 0.4) is 0 Å². The van der Waals surface area contributed by atoms with Crippen molar-refractivity contribution in [1.29, 1.82) is 0 Å². The SMILES string of the molecule is CCC(C#CC1C(O)CC2C1CC21OCCO1)(O[SiH](C)C)C(C)(C)C. The van der Waals surface area contributed by atoms with Crippen LogP contribution < -0.4 is 0 Å². The lowest BCUT2D eigenvalue weighted by Crippen LogP contribution is -2.53. The van der Waals surface area contributed by atoms with Crippen molar-refractivity contribution >= 4 is 9.04 Å². The van der Waals surface area contributed by atoms with Crippen LogP contribution in [0.2, 0.25) is 13.1 Å². The van der Waals surface area contributed by atoms with E-state index in [2.05, 4.69) is 52.6 Å². The molecule has 1 spiro atoms. The maximum atomic E-state index is 10.6. The molecule has 0 aromatic carbocycles. The Morgan fingerprint density at radius 2 is 1.88 bits per heavy atom. The summed E-state index contributed by atoms with van der Waals surface area (Å²) in [6, 6.07) is 0. The van der Waals surface area contributed by atoms with Gasteiger partial charge in [-0.2, -0.15) is 0 Å². The minimum absolute atomic E-state index is 0.00845. The van der Waals surface area contributed by atoms with Crippen LogP contribution in [-0.2, 0) is 13.9 Å². The summed E-state index contributed by atoms with van der Waals surface area (Å²) >= 11 is 0. The smallest absolute Gasteiger partial charge is 0.173 e. The van der Waals surface area contributed by atoms with Crippen molar-refractivity contribution in [3.63, 3.8) is 0 Å². The van der Waals surface area contributed by atoms with Gasteiger partial charge in [0.15, 0.2) is 14.8 Å². The molecule has 3 aliphatic rings. The average Bonchev–Trinajstić information content (AvgIpc) is 3.08. The topological polar surface area (TPSA) is 47.9 Å². The van der Waals surface area contributed by atoms with E-state index in [-0.39, 0.29) is 23.4 Å². The van der Waals surface area contributed by atoms with Gasteiger partial charge in [-0.05, 0) is 31.9 Å². The zero-order valence-corrected chi connectivity index (χ0v) is 17.7. The van der Waals surface area contributed by atoms with Gasteiger partial charge < -0.3 is 19.0 Å². The van der Waals surface area contributed by atoms with Crippen molar-refractivity contribution < 1.29 is 19.0 Å². The van der Waals surface area contributed by atoms with E-state index in [9.17, 15) is 5.11 Å². The number of hydrogen-bond donors (Lipinski definition) is 1. The number of hydrogen-bond acceptors (Lipinski definition) is 4. The van der Waals surface area contributed by atoms with Gasteiger partial charge in [-0.25, -0.2) is 0 Å². The van der Waals surface area contributed by atoms with Crippen LogP contribution >= 0.6 is 0 Å². The van der Waals surface area contributed by atoms with E-state index in [4.69, 9.17) is 13.9 Å². The van der Waals surface area contributed by atoms with Crippen molar-refractivity contribution in [2.45, 2.75) is 77.5 Å². The molecular formula is C20H34O4Si. The largest absolute Gasteiger partial charge is 0.404 e. The van der Waals surface area contributed by atoms with Gasteiger partial charge in [-0.15, -0.1) is 0 Å². The zero-order chi connectivity index (χ0) is 18.5. The third kappa shape index (κ3) is 3.21. The molecule has 142 valence electrons. The molecule has 5 unspecified atom stereocenters. The summed E-state index contributed by atoms with van der Waals surface area (Å²) in [5.74, 6) is 7.23. The predicted molar refractivity (Wildman–Crippen MR) is 101 cm³/mol. The highest BCUT2D eigenvalue weighted by Crippen LogP contribution is 2.59. The maximum absolute atomic E-state index is 10.6. The van der Waals surface area contributed by atoms with E-state index in [0.29, 0.717) is 19.1 Å². The Hall–Kier alpha value is -0.383. The maximum Gasteiger partial charge on any atom is 0.173 e. The van der Waals surface area contributed by atoms with Crippen LogP contribution in [-0.4, -0.2) is 44.9 Å². The molecule has 1 heterocycles. The Labute approximate surface area is 154 Å². The predicted octanol–water partition coefficient (Wildman–Crippen LogP) is 2.94. The molecule has 2 aliphatic carbocycles. The van der Waals surface area contributed by atoms with Crippen molar-refractivity contribution in [3.05, 3.63) is 0 Å². The number of rotatable bonds is 3. The Bertz CT molecular complexity index is 552. The minimum atomic E-state index is -1.24. The van der Waals surface area contributed by atoms with Crippen molar-refractivity contribution in [2.75, 3.05) is 13.2 Å². The second-order valence-electron chi connectivity index (χ2n) is 9.18. The Balaban J connectivity index is 1.81. The summed E-state index contributed by atoms with van der Waals surface area (Å²) in [5, 5.41) is 10.6. The van der Waals surface area contributed by atoms with Crippen LogP contribution in [0.4, 0.5) is 0 Å². The molecule has 25 heavy (non-hydrogen) atoms. The first-order valence-electron chi connectivity index (χ1n) is 9.80. The van der Waals surface area contributed by atoms with Gasteiger partial charge in [0.05, 0.1) is 19.3 Å². The summed E-state index contributed by atoms with van der Waals surface area (Å²) in [7, 11) is -1.24. The first-order chi connectivity index (χ1) is 11.6. The van der Waals surface area contributed by atoms with E-state index >= 15 is 0 Å². The molecule has 0 bridgehead atoms. The van der Waals surface area contributed by atoms with E-state index < -0.39 is 20.4 Å². The van der Waals surface area contributed by atoms with Gasteiger partial charge in [-0.1, -0.05) is 39.5 Å². The van der Waals surface area contributed by atoms with E-state index in [0.717, 1.165) is 19.3 Å². The fourth-order valence-electron chi connectivity index (χ4n) is 4.92. The molecule has 1 N–H and O–H groups in total. The molecular weight excluding hydrogens is 332 g/mol. The normalized spacial score (nSPS) is 35.8. The molecule has 5 atom stereocenters. The minimum Gasteiger partial charge on any atom is -0.404 e. The molecule has 4 nitrogen and oxygen atoms in total. The molecule has 0 aromatic rings. The van der Waals surface area contributed by atoms with E-state index in [1.54, 1.807) is 0 Å². The van der Waals surface area contributed by atoms with Gasteiger partial charge in [0.25, 0.3) is 0 Å². The number of fused-ring (bicyclic) bond motifs is 2. The molecule has 3 rings (SSSR count). The van der Waals surface area contributed by atoms with E-state index in [1.165, 1.54) is 0 Å². The van der Waals surface area contributed by atoms with Gasteiger partial charge in [0.2, 0.25) is 0 Å². The van der Waals surface area contributed by atoms with Crippen LogP contribution in [0.25, 0.3) is 0 Å². The zero-order valence-electron chi connectivity index (χ0n) is 16.6. The molecule has 0 amide bonds. The van der Waals surface area contributed by atoms with E-state index in [1.807, 2.05) is 0 Å². The molecule has 3 fully saturated rings. The average molecular weight is 367 g/mol. The van der Waals surface area contributed by atoms with Gasteiger partial charge in [0, 0.05) is 23.7 Å². The quantitative estimate of drug-likeness (QED) is 0.616. The summed E-state index contributed by atoms with van der Waals surface area (Å²) in [6.07, 6.45) is 2.07. The third-order valence-electron chi connectivity index (χ3n) is 6.34. The lowest BCUT2D eigenvalue weighted by Gasteiger charge is -2.48. The van der Waals surface area contributed by atoms with Crippen LogP contribution in [0.1, 0.15) is 47.0 Å². The van der Waals surface area contributed by atoms with Crippen LogP contribution in [0.5, 0.6) is 0 Å². The van der Waals surface area contributed by atoms with Gasteiger partial charge in [-0.3, -0.25) is 0 Å². The molecule has 1 aliphatic heterocycles. The first-order valence-corrected chi connectivity index (χ1v) is 12.6.